The smallest absolute Gasteiger partial charge is 0.343 e. The molecule has 0 aliphatic rings. The Morgan fingerprint density at radius 1 is 0.966 bits per heavy atom. The molecule has 144 valence electrons. The van der Waals surface area contributed by atoms with Crippen LogP contribution in [0.3, 0.4) is 0 Å². The third-order valence-electron chi connectivity index (χ3n) is 4.41. The summed E-state index contributed by atoms with van der Waals surface area (Å²) in [4.78, 5) is 24.5. The van der Waals surface area contributed by atoms with E-state index in [2.05, 4.69) is 0 Å². The number of methoxy groups -OCH3 is 1. The van der Waals surface area contributed by atoms with Gasteiger partial charge in [-0.1, -0.05) is 41.9 Å². The first kappa shape index (κ1) is 18.8. The highest BCUT2D eigenvalue weighted by Gasteiger charge is 2.16. The number of hydrogen-bond donors (Lipinski definition) is 0. The molecule has 0 fully saturated rings. The quantitative estimate of drug-likeness (QED) is 0.260. The maximum Gasteiger partial charge on any atom is 0.343 e. The van der Waals surface area contributed by atoms with E-state index in [0.29, 0.717) is 22.3 Å². The van der Waals surface area contributed by atoms with E-state index >= 15 is 0 Å². The van der Waals surface area contributed by atoms with Crippen molar-refractivity contribution in [1.82, 2.24) is 0 Å². The molecule has 3 aromatic carbocycles. The average Bonchev–Trinajstić information content (AvgIpc) is 2.75. The molecule has 0 unspecified atom stereocenters. The number of carbonyl (C=O) groups is 1. The van der Waals surface area contributed by atoms with E-state index in [1.165, 1.54) is 12.1 Å². The van der Waals surface area contributed by atoms with E-state index in [-0.39, 0.29) is 16.4 Å². The van der Waals surface area contributed by atoms with Crippen molar-refractivity contribution in [1.29, 1.82) is 0 Å². The Hall–Kier alpha value is -3.57. The molecule has 0 saturated carbocycles. The van der Waals surface area contributed by atoms with Crippen LogP contribution >= 0.6 is 11.6 Å². The number of ether oxygens (including phenoxy) is 2. The van der Waals surface area contributed by atoms with Gasteiger partial charge in [0.05, 0.1) is 17.7 Å². The molecule has 0 spiro atoms. The Bertz CT molecular complexity index is 1240. The van der Waals surface area contributed by atoms with Gasteiger partial charge in [0.1, 0.15) is 11.3 Å². The minimum absolute atomic E-state index is 0.105. The molecule has 4 rings (SSSR count). The third-order valence-corrected chi connectivity index (χ3v) is 4.71. The van der Waals surface area contributed by atoms with E-state index in [0.717, 1.165) is 5.56 Å². The first-order valence-electron chi connectivity index (χ1n) is 8.74. The van der Waals surface area contributed by atoms with Crippen molar-refractivity contribution >= 4 is 28.5 Å². The molecule has 0 saturated heterocycles. The van der Waals surface area contributed by atoms with Crippen molar-refractivity contribution in [2.45, 2.75) is 0 Å². The normalized spacial score (nSPS) is 10.7. The Morgan fingerprint density at radius 3 is 2.38 bits per heavy atom. The average molecular weight is 407 g/mol. The Balaban J connectivity index is 1.74. The van der Waals surface area contributed by atoms with Crippen LogP contribution in [0.1, 0.15) is 10.4 Å². The molecule has 1 aromatic heterocycles. The lowest BCUT2D eigenvalue weighted by Gasteiger charge is -2.10. The second-order valence-corrected chi connectivity index (χ2v) is 6.65. The molecule has 0 aliphatic heterocycles. The standard InChI is InChI=1S/C23H15ClO5/c1-27-16-9-7-15(8-10-16)23(26)29-21-13-20-18(11-19(21)24)17(12-22(25)28-20)14-5-3-2-4-6-14/h2-13H,1H3. The van der Waals surface area contributed by atoms with Gasteiger partial charge in [-0.3, -0.25) is 0 Å². The summed E-state index contributed by atoms with van der Waals surface area (Å²) in [5.41, 5.74) is 1.64. The molecule has 0 bridgehead atoms. The largest absolute Gasteiger partial charge is 0.497 e. The highest BCUT2D eigenvalue weighted by atomic mass is 35.5. The summed E-state index contributed by atoms with van der Waals surface area (Å²) in [5, 5.41) is 0.871. The zero-order valence-electron chi connectivity index (χ0n) is 15.3. The number of benzene rings is 3. The van der Waals surface area contributed by atoms with Crippen LogP contribution in [0.5, 0.6) is 11.5 Å². The molecule has 1 heterocycles. The van der Waals surface area contributed by atoms with E-state index in [1.54, 1.807) is 37.4 Å². The summed E-state index contributed by atoms with van der Waals surface area (Å²) in [5.74, 6) is 0.143. The lowest BCUT2D eigenvalue weighted by molar-refractivity contribution is 0.0735. The van der Waals surface area contributed by atoms with Crippen LogP contribution in [-0.2, 0) is 0 Å². The van der Waals surface area contributed by atoms with Gasteiger partial charge in [-0.15, -0.1) is 0 Å². The SMILES string of the molecule is COc1ccc(C(=O)Oc2cc3oc(=O)cc(-c4ccccc4)c3cc2Cl)cc1. The fourth-order valence-electron chi connectivity index (χ4n) is 2.98. The Morgan fingerprint density at radius 2 is 1.69 bits per heavy atom. The lowest BCUT2D eigenvalue weighted by Crippen LogP contribution is -2.09. The molecule has 5 nitrogen and oxygen atoms in total. The van der Waals surface area contributed by atoms with E-state index in [4.69, 9.17) is 25.5 Å². The van der Waals surface area contributed by atoms with Gasteiger partial charge in [0.2, 0.25) is 0 Å². The second-order valence-electron chi connectivity index (χ2n) is 6.24. The van der Waals surface area contributed by atoms with Gasteiger partial charge >= 0.3 is 11.6 Å². The topological polar surface area (TPSA) is 65.7 Å². The molecule has 0 amide bonds. The second kappa shape index (κ2) is 7.81. The maximum absolute atomic E-state index is 12.4. The monoisotopic (exact) mass is 406 g/mol. The zero-order chi connectivity index (χ0) is 20.4. The summed E-state index contributed by atoms with van der Waals surface area (Å²) < 4.78 is 15.8. The van der Waals surface area contributed by atoms with Crippen molar-refractivity contribution in [3.63, 3.8) is 0 Å². The highest BCUT2D eigenvalue weighted by molar-refractivity contribution is 6.33. The number of carbonyl (C=O) groups excluding carboxylic acids is 1. The third kappa shape index (κ3) is 3.86. The molecule has 0 radical (unpaired) electrons. The number of esters is 1. The molecule has 0 N–H and O–H groups in total. The summed E-state index contributed by atoms with van der Waals surface area (Å²) in [6.07, 6.45) is 0. The van der Waals surface area contributed by atoms with Crippen molar-refractivity contribution < 1.29 is 18.7 Å². The first-order chi connectivity index (χ1) is 14.0. The van der Waals surface area contributed by atoms with Crippen LogP contribution in [0.4, 0.5) is 0 Å². The van der Waals surface area contributed by atoms with Crippen molar-refractivity contribution in [2.24, 2.45) is 0 Å². The first-order valence-corrected chi connectivity index (χ1v) is 9.12. The van der Waals surface area contributed by atoms with E-state index in [1.807, 2.05) is 30.3 Å². The molecular formula is C23H15ClO5. The molecule has 0 atom stereocenters. The molecule has 4 aromatic rings. The van der Waals surface area contributed by atoms with Crippen molar-refractivity contribution in [3.05, 3.63) is 93.8 Å². The minimum Gasteiger partial charge on any atom is -0.497 e. The van der Waals surface area contributed by atoms with Gasteiger partial charge < -0.3 is 13.9 Å². The zero-order valence-corrected chi connectivity index (χ0v) is 16.1. The molecule has 29 heavy (non-hydrogen) atoms. The number of fused-ring (bicyclic) bond motifs is 1. The minimum atomic E-state index is -0.588. The van der Waals surface area contributed by atoms with E-state index in [9.17, 15) is 9.59 Å². The summed E-state index contributed by atoms with van der Waals surface area (Å²) >= 11 is 6.36. The maximum atomic E-state index is 12.4. The van der Waals surface area contributed by atoms with Crippen molar-refractivity contribution in [3.8, 4) is 22.6 Å². The van der Waals surface area contributed by atoms with Gasteiger partial charge in [-0.25, -0.2) is 9.59 Å². The Kier molecular flexibility index (Phi) is 5.06. The molecule has 0 aliphatic carbocycles. The van der Waals surface area contributed by atoms with E-state index < -0.39 is 11.6 Å². The van der Waals surface area contributed by atoms with Crippen LogP contribution < -0.4 is 15.1 Å². The number of halogens is 1. The number of hydrogen-bond acceptors (Lipinski definition) is 5. The van der Waals surface area contributed by atoms with Gasteiger partial charge in [-0.2, -0.15) is 0 Å². The number of rotatable bonds is 4. The van der Waals surface area contributed by atoms with Gasteiger partial charge in [-0.05, 0) is 41.5 Å². The van der Waals surface area contributed by atoms with Crippen LogP contribution in [0, 0.1) is 0 Å². The Labute approximate surface area is 171 Å². The predicted molar refractivity (Wildman–Crippen MR) is 111 cm³/mol. The highest BCUT2D eigenvalue weighted by Crippen LogP contribution is 2.35. The van der Waals surface area contributed by atoms with Gasteiger partial charge in [0, 0.05) is 17.5 Å². The molecule has 6 heteroatoms. The van der Waals surface area contributed by atoms with Gasteiger partial charge in [0.15, 0.2) is 5.75 Å². The van der Waals surface area contributed by atoms with Crippen molar-refractivity contribution in [2.75, 3.05) is 7.11 Å². The van der Waals surface area contributed by atoms with Crippen LogP contribution in [0.15, 0.2) is 82.0 Å². The van der Waals surface area contributed by atoms with Gasteiger partial charge in [0.25, 0.3) is 0 Å². The molecular weight excluding hydrogens is 392 g/mol. The summed E-state index contributed by atoms with van der Waals surface area (Å²) in [7, 11) is 1.54. The van der Waals surface area contributed by atoms with Crippen LogP contribution in [0.25, 0.3) is 22.1 Å². The predicted octanol–water partition coefficient (Wildman–Crippen LogP) is 5.34. The summed E-state index contributed by atoms with van der Waals surface area (Å²) in [6, 6.07) is 20.4. The van der Waals surface area contributed by atoms with Crippen LogP contribution in [-0.4, -0.2) is 13.1 Å². The lowest BCUT2D eigenvalue weighted by atomic mass is 10.0. The fraction of sp³-hybridized carbons (Fsp3) is 0.0435. The van der Waals surface area contributed by atoms with Crippen LogP contribution in [0.2, 0.25) is 5.02 Å². The fourth-order valence-corrected chi connectivity index (χ4v) is 3.19. The summed E-state index contributed by atoms with van der Waals surface area (Å²) in [6.45, 7) is 0.